The molecule has 0 N–H and O–H groups in total. The summed E-state index contributed by atoms with van der Waals surface area (Å²) >= 11 is 0. The monoisotopic (exact) mass is 244 g/mol. The zero-order valence-corrected chi connectivity index (χ0v) is 10.1. The molecule has 0 bridgehead atoms. The Hall–Kier alpha value is -2.53. The molecule has 0 spiro atoms. The first-order chi connectivity index (χ1) is 8.56. The first kappa shape index (κ1) is 13.5. The van der Waals surface area contributed by atoms with E-state index >= 15 is 0 Å². The summed E-state index contributed by atoms with van der Waals surface area (Å²) in [5.41, 5.74) is 0.0535. The highest BCUT2D eigenvalue weighted by Gasteiger charge is 2.12. The van der Waals surface area contributed by atoms with Crippen LogP contribution >= 0.6 is 0 Å². The summed E-state index contributed by atoms with van der Waals surface area (Å²) in [5.74, 6) is 4.26. The third kappa shape index (κ3) is 3.80. The second-order valence-corrected chi connectivity index (χ2v) is 3.38. The van der Waals surface area contributed by atoms with Gasteiger partial charge in [0.1, 0.15) is 0 Å². The Morgan fingerprint density at radius 1 is 1.22 bits per heavy atom. The molecule has 0 saturated carbocycles. The van der Waals surface area contributed by atoms with E-state index < -0.39 is 18.2 Å². The van der Waals surface area contributed by atoms with E-state index in [-0.39, 0.29) is 11.6 Å². The lowest BCUT2D eigenvalue weighted by Gasteiger charge is -2.08. The van der Waals surface area contributed by atoms with E-state index in [0.717, 1.165) is 0 Å². The summed E-state index contributed by atoms with van der Waals surface area (Å²) in [4.78, 5) is 19.3. The van der Waals surface area contributed by atoms with Gasteiger partial charge in [0.25, 0.3) is 0 Å². The molecule has 5 nitrogen and oxygen atoms in total. The highest BCUT2D eigenvalue weighted by Crippen LogP contribution is 2.07. The maximum absolute atomic E-state index is 11.5. The van der Waals surface area contributed by atoms with E-state index in [1.165, 1.54) is 12.4 Å². The van der Waals surface area contributed by atoms with E-state index in [4.69, 9.17) is 22.3 Å². The van der Waals surface area contributed by atoms with Gasteiger partial charge in [0, 0.05) is 0 Å². The number of aromatic nitrogens is 2. The quantitative estimate of drug-likeness (QED) is 0.585. The average Bonchev–Trinajstić information content (AvgIpc) is 2.39. The van der Waals surface area contributed by atoms with Crippen LogP contribution in [-0.2, 0) is 4.74 Å². The largest absolute Gasteiger partial charge is 0.460 e. The zero-order valence-electron chi connectivity index (χ0n) is 10.1. The summed E-state index contributed by atoms with van der Waals surface area (Å²) < 4.78 is 10.1. The van der Waals surface area contributed by atoms with Crippen LogP contribution in [0.2, 0.25) is 0 Å². The van der Waals surface area contributed by atoms with Crippen molar-refractivity contribution >= 4 is 5.97 Å². The number of rotatable bonds is 4. The number of carbonyl (C=O) groups excluding carboxylic acids is 1. The lowest BCUT2D eigenvalue weighted by molar-refractivity contribution is 0.0431. The van der Waals surface area contributed by atoms with Gasteiger partial charge in [-0.3, -0.25) is 0 Å². The molecule has 5 heteroatoms. The van der Waals surface area contributed by atoms with Crippen LogP contribution in [0, 0.1) is 24.7 Å². The van der Waals surface area contributed by atoms with Crippen LogP contribution in [0.15, 0.2) is 12.4 Å². The van der Waals surface area contributed by atoms with E-state index in [9.17, 15) is 4.79 Å². The van der Waals surface area contributed by atoms with Crippen molar-refractivity contribution in [3.8, 4) is 30.6 Å². The minimum atomic E-state index is -0.635. The molecule has 0 aliphatic rings. The molecule has 0 aliphatic heterocycles. The van der Waals surface area contributed by atoms with E-state index in [0.29, 0.717) is 0 Å². The zero-order chi connectivity index (χ0) is 13.5. The molecule has 0 amide bonds. The molecule has 92 valence electrons. The second kappa shape index (κ2) is 6.27. The van der Waals surface area contributed by atoms with Crippen LogP contribution in [0.1, 0.15) is 24.3 Å². The Balaban J connectivity index is 2.69. The Morgan fingerprint density at radius 3 is 2.39 bits per heavy atom. The molecule has 1 rings (SSSR count). The van der Waals surface area contributed by atoms with Gasteiger partial charge < -0.3 is 9.47 Å². The predicted octanol–water partition coefficient (Wildman–Crippen LogP) is 1.06. The van der Waals surface area contributed by atoms with Crippen LogP contribution in [0.3, 0.4) is 0 Å². The van der Waals surface area contributed by atoms with Crippen LogP contribution in [-0.4, -0.2) is 28.1 Å². The van der Waals surface area contributed by atoms with Gasteiger partial charge in [-0.2, -0.15) is 0 Å². The lowest BCUT2D eigenvalue weighted by atomic mass is 10.4. The first-order valence-electron chi connectivity index (χ1n) is 5.18. The summed E-state index contributed by atoms with van der Waals surface area (Å²) in [6.07, 6.45) is 11.7. The predicted molar refractivity (Wildman–Crippen MR) is 64.7 cm³/mol. The molecular formula is C13H12N2O3. The molecule has 0 fully saturated rings. The number of hydrogen-bond acceptors (Lipinski definition) is 5. The molecule has 0 saturated heterocycles. The van der Waals surface area contributed by atoms with E-state index in [2.05, 4.69) is 21.8 Å². The van der Waals surface area contributed by atoms with E-state index in [1.54, 1.807) is 13.8 Å². The molecule has 0 aromatic carbocycles. The van der Waals surface area contributed by atoms with Crippen molar-refractivity contribution in [2.45, 2.75) is 26.1 Å². The van der Waals surface area contributed by atoms with Crippen molar-refractivity contribution in [1.29, 1.82) is 0 Å². The molecule has 1 aromatic heterocycles. The lowest BCUT2D eigenvalue weighted by Crippen LogP contribution is -2.15. The second-order valence-electron chi connectivity index (χ2n) is 3.38. The Morgan fingerprint density at radius 2 is 1.89 bits per heavy atom. The van der Waals surface area contributed by atoms with Gasteiger partial charge in [0.15, 0.2) is 17.9 Å². The summed E-state index contributed by atoms with van der Waals surface area (Å²) in [6.45, 7) is 3.27. The maximum atomic E-state index is 11.5. The molecular weight excluding hydrogens is 232 g/mol. The number of esters is 1. The van der Waals surface area contributed by atoms with Crippen molar-refractivity contribution in [2.24, 2.45) is 0 Å². The van der Waals surface area contributed by atoms with E-state index in [1.807, 2.05) is 0 Å². The summed E-state index contributed by atoms with van der Waals surface area (Å²) in [7, 11) is 0. The molecule has 0 aliphatic carbocycles. The Labute approximate surface area is 106 Å². The van der Waals surface area contributed by atoms with Gasteiger partial charge >= 0.3 is 5.97 Å². The maximum Gasteiger partial charge on any atom is 0.359 e. The highest BCUT2D eigenvalue weighted by molar-refractivity contribution is 5.87. The van der Waals surface area contributed by atoms with Crippen LogP contribution in [0.4, 0.5) is 0 Å². The molecule has 1 unspecified atom stereocenters. The summed E-state index contributed by atoms with van der Waals surface area (Å²) in [5, 5.41) is 0. The Kier molecular flexibility index (Phi) is 4.71. The summed E-state index contributed by atoms with van der Waals surface area (Å²) in [6, 6.07) is 0. The normalized spacial score (nSPS) is 12.7. The molecule has 1 aromatic rings. The van der Waals surface area contributed by atoms with Crippen LogP contribution in [0.5, 0.6) is 5.88 Å². The molecule has 0 radical (unpaired) electrons. The molecule has 18 heavy (non-hydrogen) atoms. The number of nitrogens with zero attached hydrogens (tertiary/aromatic N) is 2. The smallest absolute Gasteiger partial charge is 0.359 e. The SMILES string of the molecule is C#CC(C)OC(=O)c1cnc(O[C@@H](C)C#C)cn1. The van der Waals surface area contributed by atoms with Gasteiger partial charge in [0.2, 0.25) is 5.88 Å². The molecule has 1 heterocycles. The topological polar surface area (TPSA) is 61.3 Å². The van der Waals surface area contributed by atoms with Crippen molar-refractivity contribution in [3.63, 3.8) is 0 Å². The first-order valence-corrected chi connectivity index (χ1v) is 5.18. The molecule has 2 atom stereocenters. The van der Waals surface area contributed by atoms with Gasteiger partial charge in [-0.1, -0.05) is 11.8 Å². The fourth-order valence-electron chi connectivity index (χ4n) is 0.953. The minimum Gasteiger partial charge on any atom is -0.460 e. The van der Waals surface area contributed by atoms with Crippen LogP contribution in [0.25, 0.3) is 0 Å². The number of carbonyl (C=O) groups is 1. The highest BCUT2D eigenvalue weighted by atomic mass is 16.5. The number of terminal acetylenes is 2. The average molecular weight is 244 g/mol. The van der Waals surface area contributed by atoms with Gasteiger partial charge in [-0.15, -0.1) is 12.8 Å². The van der Waals surface area contributed by atoms with Gasteiger partial charge in [0.05, 0.1) is 12.4 Å². The van der Waals surface area contributed by atoms with Crippen molar-refractivity contribution in [1.82, 2.24) is 9.97 Å². The minimum absolute atomic E-state index is 0.0535. The fourth-order valence-corrected chi connectivity index (χ4v) is 0.953. The van der Waals surface area contributed by atoms with Gasteiger partial charge in [-0.05, 0) is 13.8 Å². The van der Waals surface area contributed by atoms with Crippen molar-refractivity contribution < 1.29 is 14.3 Å². The van der Waals surface area contributed by atoms with Crippen molar-refractivity contribution in [3.05, 3.63) is 18.1 Å². The fraction of sp³-hybridized carbons (Fsp3) is 0.308. The third-order valence-corrected chi connectivity index (χ3v) is 1.89. The number of ether oxygens (including phenoxy) is 2. The third-order valence-electron chi connectivity index (χ3n) is 1.89. The van der Waals surface area contributed by atoms with Crippen LogP contribution < -0.4 is 4.74 Å². The van der Waals surface area contributed by atoms with Crippen molar-refractivity contribution in [2.75, 3.05) is 0 Å². The number of hydrogen-bond donors (Lipinski definition) is 0. The standard InChI is InChI=1S/C13H12N2O3/c1-5-9(3)17-12-8-14-11(7-15-12)13(16)18-10(4)6-2/h1-2,7-10H,3-4H3/t9-,10?/m0/s1. The Bertz CT molecular complexity index is 496. The van der Waals surface area contributed by atoms with Gasteiger partial charge in [-0.25, -0.2) is 14.8 Å².